The van der Waals surface area contributed by atoms with Crippen LogP contribution in [0.15, 0.2) is 43.0 Å². The van der Waals surface area contributed by atoms with Gasteiger partial charge in [-0.2, -0.15) is 5.26 Å². The summed E-state index contributed by atoms with van der Waals surface area (Å²) in [7, 11) is 0. The molecule has 2 nitrogen and oxygen atoms in total. The first-order valence-electron chi connectivity index (χ1n) is 5.56. The Hall–Kier alpha value is -1.59. The van der Waals surface area contributed by atoms with E-state index in [4.69, 9.17) is 5.26 Å². The summed E-state index contributed by atoms with van der Waals surface area (Å²) in [6.45, 7) is 6.49. The Bertz CT molecular complexity index is 351. The molecule has 0 bridgehead atoms. The molecule has 0 aromatic heterocycles. The van der Waals surface area contributed by atoms with E-state index in [1.165, 1.54) is 0 Å². The Morgan fingerprint density at radius 2 is 2.12 bits per heavy atom. The van der Waals surface area contributed by atoms with Gasteiger partial charge in [0.25, 0.3) is 0 Å². The SMILES string of the molecule is C=CCC(C)NCC(C#N)c1ccccc1. The molecule has 2 heteroatoms. The molecule has 0 amide bonds. The summed E-state index contributed by atoms with van der Waals surface area (Å²) in [6, 6.07) is 12.6. The van der Waals surface area contributed by atoms with Crippen molar-refractivity contribution < 1.29 is 0 Å². The van der Waals surface area contributed by atoms with Crippen molar-refractivity contribution in [2.45, 2.75) is 25.3 Å². The lowest BCUT2D eigenvalue weighted by molar-refractivity contribution is 0.541. The van der Waals surface area contributed by atoms with Crippen molar-refractivity contribution in [2.24, 2.45) is 0 Å². The summed E-state index contributed by atoms with van der Waals surface area (Å²) in [5.74, 6) is -0.0755. The number of rotatable bonds is 6. The van der Waals surface area contributed by atoms with Crippen LogP contribution in [0.2, 0.25) is 0 Å². The average Bonchev–Trinajstić information content (AvgIpc) is 2.31. The summed E-state index contributed by atoms with van der Waals surface area (Å²) >= 11 is 0. The van der Waals surface area contributed by atoms with Gasteiger partial charge >= 0.3 is 0 Å². The first kappa shape index (κ1) is 12.5. The zero-order valence-corrected chi connectivity index (χ0v) is 9.69. The van der Waals surface area contributed by atoms with Gasteiger partial charge in [-0.3, -0.25) is 0 Å². The van der Waals surface area contributed by atoms with Gasteiger partial charge in [-0.25, -0.2) is 0 Å². The van der Waals surface area contributed by atoms with Crippen molar-refractivity contribution in [3.8, 4) is 6.07 Å². The van der Waals surface area contributed by atoms with Crippen LogP contribution in [-0.4, -0.2) is 12.6 Å². The molecule has 0 aliphatic rings. The van der Waals surface area contributed by atoms with E-state index in [-0.39, 0.29) is 5.92 Å². The Balaban J connectivity index is 2.51. The van der Waals surface area contributed by atoms with Crippen molar-refractivity contribution >= 4 is 0 Å². The molecular weight excluding hydrogens is 196 g/mol. The molecule has 1 N–H and O–H groups in total. The van der Waals surface area contributed by atoms with Gasteiger partial charge in [-0.05, 0) is 18.9 Å². The van der Waals surface area contributed by atoms with Crippen molar-refractivity contribution in [1.29, 1.82) is 5.26 Å². The van der Waals surface area contributed by atoms with E-state index < -0.39 is 0 Å². The molecule has 0 radical (unpaired) electrons. The molecule has 0 heterocycles. The van der Waals surface area contributed by atoms with Crippen molar-refractivity contribution in [1.82, 2.24) is 5.32 Å². The maximum atomic E-state index is 9.11. The quantitative estimate of drug-likeness (QED) is 0.739. The van der Waals surface area contributed by atoms with E-state index in [1.54, 1.807) is 0 Å². The molecule has 2 unspecified atom stereocenters. The second kappa shape index (κ2) is 6.81. The third-order valence-electron chi connectivity index (χ3n) is 2.55. The first-order chi connectivity index (χ1) is 7.77. The fourth-order valence-corrected chi connectivity index (χ4v) is 1.58. The van der Waals surface area contributed by atoms with Crippen LogP contribution in [0.4, 0.5) is 0 Å². The number of nitrogens with one attached hydrogen (secondary N) is 1. The largest absolute Gasteiger partial charge is 0.312 e. The van der Waals surface area contributed by atoms with Crippen molar-refractivity contribution in [3.63, 3.8) is 0 Å². The van der Waals surface area contributed by atoms with E-state index in [1.807, 2.05) is 36.4 Å². The molecule has 2 atom stereocenters. The Kier molecular flexibility index (Phi) is 5.31. The fourth-order valence-electron chi connectivity index (χ4n) is 1.58. The van der Waals surface area contributed by atoms with Crippen LogP contribution in [0.5, 0.6) is 0 Å². The molecule has 84 valence electrons. The molecule has 0 saturated carbocycles. The van der Waals surface area contributed by atoms with Gasteiger partial charge < -0.3 is 5.32 Å². The van der Waals surface area contributed by atoms with Crippen LogP contribution in [0.25, 0.3) is 0 Å². The molecule has 0 aliphatic carbocycles. The predicted octanol–water partition coefficient (Wildman–Crippen LogP) is 2.85. The van der Waals surface area contributed by atoms with E-state index in [0.717, 1.165) is 12.0 Å². The van der Waals surface area contributed by atoms with Crippen LogP contribution in [0, 0.1) is 11.3 Å². The lowest BCUT2D eigenvalue weighted by Gasteiger charge is -2.15. The zero-order valence-electron chi connectivity index (χ0n) is 9.69. The van der Waals surface area contributed by atoms with Gasteiger partial charge in [-0.15, -0.1) is 6.58 Å². The average molecular weight is 214 g/mol. The minimum Gasteiger partial charge on any atom is -0.312 e. The van der Waals surface area contributed by atoms with Gasteiger partial charge in [0.05, 0.1) is 12.0 Å². The lowest BCUT2D eigenvalue weighted by atomic mass is 10.0. The molecule has 0 saturated heterocycles. The Morgan fingerprint density at radius 1 is 1.44 bits per heavy atom. The van der Waals surface area contributed by atoms with Crippen molar-refractivity contribution in [2.75, 3.05) is 6.54 Å². The summed E-state index contributed by atoms with van der Waals surface area (Å²) < 4.78 is 0. The summed E-state index contributed by atoms with van der Waals surface area (Å²) in [5.41, 5.74) is 1.07. The standard InChI is InChI=1S/C14H18N2/c1-3-7-12(2)16-11-14(10-15)13-8-5-4-6-9-13/h3-6,8-9,12,14,16H,1,7,11H2,2H3. The normalized spacial score (nSPS) is 13.8. The summed E-state index contributed by atoms with van der Waals surface area (Å²) in [6.07, 6.45) is 2.81. The lowest BCUT2D eigenvalue weighted by Crippen LogP contribution is -2.29. The number of benzene rings is 1. The summed E-state index contributed by atoms with van der Waals surface area (Å²) in [4.78, 5) is 0. The van der Waals surface area contributed by atoms with Crippen LogP contribution >= 0.6 is 0 Å². The van der Waals surface area contributed by atoms with Gasteiger partial charge in [0.15, 0.2) is 0 Å². The topological polar surface area (TPSA) is 35.8 Å². The third kappa shape index (κ3) is 3.88. The highest BCUT2D eigenvalue weighted by Gasteiger charge is 2.10. The highest BCUT2D eigenvalue weighted by molar-refractivity contribution is 5.25. The smallest absolute Gasteiger partial charge is 0.0837 e. The number of nitriles is 1. The Labute approximate surface area is 97.6 Å². The molecule has 0 fully saturated rings. The predicted molar refractivity (Wildman–Crippen MR) is 67.1 cm³/mol. The minimum absolute atomic E-state index is 0.0755. The Morgan fingerprint density at radius 3 is 2.69 bits per heavy atom. The van der Waals surface area contributed by atoms with Crippen LogP contribution in [0.1, 0.15) is 24.8 Å². The highest BCUT2D eigenvalue weighted by Crippen LogP contribution is 2.13. The van der Waals surface area contributed by atoms with Crippen molar-refractivity contribution in [3.05, 3.63) is 48.6 Å². The fraction of sp³-hybridized carbons (Fsp3) is 0.357. The number of hydrogen-bond acceptors (Lipinski definition) is 2. The van der Waals surface area contributed by atoms with E-state index >= 15 is 0 Å². The molecule has 0 spiro atoms. The molecule has 1 aromatic carbocycles. The van der Waals surface area contributed by atoms with E-state index in [2.05, 4.69) is 24.9 Å². The summed E-state index contributed by atoms with van der Waals surface area (Å²) in [5, 5.41) is 12.5. The van der Waals surface area contributed by atoms with E-state index in [9.17, 15) is 0 Å². The monoisotopic (exact) mass is 214 g/mol. The molecule has 1 rings (SSSR count). The molecule has 0 aliphatic heterocycles. The second-order valence-electron chi connectivity index (χ2n) is 3.93. The van der Waals surface area contributed by atoms with Crippen LogP contribution in [-0.2, 0) is 0 Å². The second-order valence-corrected chi connectivity index (χ2v) is 3.93. The number of nitrogens with zero attached hydrogens (tertiary/aromatic N) is 1. The minimum atomic E-state index is -0.0755. The van der Waals surface area contributed by atoms with Gasteiger partial charge in [0, 0.05) is 12.6 Å². The third-order valence-corrected chi connectivity index (χ3v) is 2.55. The zero-order chi connectivity index (χ0) is 11.8. The van der Waals surface area contributed by atoms with Crippen LogP contribution < -0.4 is 5.32 Å². The van der Waals surface area contributed by atoms with Gasteiger partial charge in [0.1, 0.15) is 0 Å². The van der Waals surface area contributed by atoms with Crippen LogP contribution in [0.3, 0.4) is 0 Å². The molecule has 16 heavy (non-hydrogen) atoms. The highest BCUT2D eigenvalue weighted by atomic mass is 14.9. The maximum absolute atomic E-state index is 9.11. The maximum Gasteiger partial charge on any atom is 0.0837 e. The van der Waals surface area contributed by atoms with Gasteiger partial charge in [-0.1, -0.05) is 36.4 Å². The molecular formula is C14H18N2. The first-order valence-corrected chi connectivity index (χ1v) is 5.56. The molecule has 1 aromatic rings. The van der Waals surface area contributed by atoms with Gasteiger partial charge in [0.2, 0.25) is 0 Å². The van der Waals surface area contributed by atoms with E-state index in [0.29, 0.717) is 12.6 Å². The number of hydrogen-bond donors (Lipinski definition) is 1.